The van der Waals surface area contributed by atoms with E-state index in [-0.39, 0.29) is 0 Å². The molecule has 0 N–H and O–H groups in total. The van der Waals surface area contributed by atoms with Gasteiger partial charge in [0.2, 0.25) is 0 Å². The highest BCUT2D eigenvalue weighted by Crippen LogP contribution is 2.12. The molecular weight excluding hydrogens is 144 g/mol. The van der Waals surface area contributed by atoms with Gasteiger partial charge in [-0.25, -0.2) is 0 Å². The third kappa shape index (κ3) is 6.41. The molecule has 1 heteroatoms. The molecule has 0 radical (unpaired) electrons. The minimum Gasteiger partial charge on any atom is -0.127 e. The van der Waals surface area contributed by atoms with Crippen molar-refractivity contribution in [3.63, 3.8) is 0 Å². The molecule has 0 aromatic heterocycles. The molecule has 0 amide bonds. The van der Waals surface area contributed by atoms with Crippen LogP contribution in [0.4, 0.5) is 0 Å². The van der Waals surface area contributed by atoms with E-state index < -0.39 is 0 Å². The van der Waals surface area contributed by atoms with Crippen molar-refractivity contribution in [1.82, 2.24) is 0 Å². The summed E-state index contributed by atoms with van der Waals surface area (Å²) < 4.78 is 0. The summed E-state index contributed by atoms with van der Waals surface area (Å²) in [4.78, 5) is 0. The molecule has 0 heterocycles. The summed E-state index contributed by atoms with van der Waals surface area (Å²) in [7, 11) is 0. The number of alkyl halides is 1. The van der Waals surface area contributed by atoms with Gasteiger partial charge in [-0.2, -0.15) is 0 Å². The lowest BCUT2D eigenvalue weighted by atomic mass is 10.0. The Morgan fingerprint density at radius 3 is 2.40 bits per heavy atom. The maximum absolute atomic E-state index is 5.55. The van der Waals surface area contributed by atoms with E-state index in [9.17, 15) is 0 Å². The molecule has 0 aliphatic carbocycles. The van der Waals surface area contributed by atoms with Gasteiger partial charge in [-0.3, -0.25) is 0 Å². The highest BCUT2D eigenvalue weighted by Gasteiger charge is 1.96. The molecule has 1 atom stereocenters. The standard InChI is InChI=1S/C9H19Cl/c1-3-9(2)7-5-4-6-8-10/h9H,3-8H2,1-2H3/t9-/m0/s1. The number of unbranched alkanes of at least 4 members (excludes halogenated alkanes) is 2. The van der Waals surface area contributed by atoms with Crippen LogP contribution in [0.25, 0.3) is 0 Å². The largest absolute Gasteiger partial charge is 0.127 e. The van der Waals surface area contributed by atoms with Gasteiger partial charge in [0.1, 0.15) is 0 Å². The van der Waals surface area contributed by atoms with Crippen LogP contribution < -0.4 is 0 Å². The molecule has 0 unspecified atom stereocenters. The quantitative estimate of drug-likeness (QED) is 0.412. The monoisotopic (exact) mass is 162 g/mol. The highest BCUT2D eigenvalue weighted by molar-refractivity contribution is 6.17. The highest BCUT2D eigenvalue weighted by atomic mass is 35.5. The zero-order chi connectivity index (χ0) is 7.82. The second kappa shape index (κ2) is 7.40. The third-order valence-corrected chi connectivity index (χ3v) is 2.29. The first-order valence-electron chi connectivity index (χ1n) is 4.37. The molecular formula is C9H19Cl. The normalized spacial score (nSPS) is 13.5. The first-order valence-corrected chi connectivity index (χ1v) is 4.90. The summed E-state index contributed by atoms with van der Waals surface area (Å²) in [6, 6.07) is 0. The topological polar surface area (TPSA) is 0 Å². The van der Waals surface area contributed by atoms with Gasteiger partial charge in [-0.15, -0.1) is 11.6 Å². The van der Waals surface area contributed by atoms with E-state index in [0.29, 0.717) is 0 Å². The Balaban J connectivity index is 2.89. The van der Waals surface area contributed by atoms with Crippen molar-refractivity contribution in [1.29, 1.82) is 0 Å². The van der Waals surface area contributed by atoms with E-state index in [1.54, 1.807) is 0 Å². The Morgan fingerprint density at radius 1 is 1.20 bits per heavy atom. The summed E-state index contributed by atoms with van der Waals surface area (Å²) in [5.74, 6) is 1.75. The molecule has 0 spiro atoms. The summed E-state index contributed by atoms with van der Waals surface area (Å²) in [6.45, 7) is 4.58. The number of hydrogen-bond donors (Lipinski definition) is 0. The Bertz CT molecular complexity index is 61.7. The van der Waals surface area contributed by atoms with Crippen molar-refractivity contribution < 1.29 is 0 Å². The average Bonchev–Trinajstić information content (AvgIpc) is 1.98. The zero-order valence-corrected chi connectivity index (χ0v) is 7.95. The van der Waals surface area contributed by atoms with Crippen LogP contribution in [0.15, 0.2) is 0 Å². The summed E-state index contributed by atoms with van der Waals surface area (Å²) in [5, 5.41) is 0. The Kier molecular flexibility index (Phi) is 7.61. The van der Waals surface area contributed by atoms with E-state index in [2.05, 4.69) is 13.8 Å². The van der Waals surface area contributed by atoms with Crippen molar-refractivity contribution in [3.05, 3.63) is 0 Å². The van der Waals surface area contributed by atoms with Gasteiger partial charge in [0.25, 0.3) is 0 Å². The van der Waals surface area contributed by atoms with Crippen LogP contribution in [-0.4, -0.2) is 5.88 Å². The Labute approximate surface area is 70.0 Å². The molecule has 10 heavy (non-hydrogen) atoms. The smallest absolute Gasteiger partial charge is 0.0223 e. The number of halogens is 1. The molecule has 0 saturated heterocycles. The van der Waals surface area contributed by atoms with E-state index in [4.69, 9.17) is 11.6 Å². The van der Waals surface area contributed by atoms with Crippen LogP contribution in [0.5, 0.6) is 0 Å². The molecule has 0 aliphatic rings. The van der Waals surface area contributed by atoms with Crippen LogP contribution in [0.3, 0.4) is 0 Å². The van der Waals surface area contributed by atoms with Crippen LogP contribution in [0.2, 0.25) is 0 Å². The molecule has 62 valence electrons. The van der Waals surface area contributed by atoms with E-state index in [1.165, 1.54) is 32.1 Å². The summed E-state index contributed by atoms with van der Waals surface area (Å²) in [6.07, 6.45) is 6.57. The second-order valence-corrected chi connectivity index (χ2v) is 3.43. The van der Waals surface area contributed by atoms with Crippen molar-refractivity contribution >= 4 is 11.6 Å². The second-order valence-electron chi connectivity index (χ2n) is 3.05. The van der Waals surface area contributed by atoms with Gasteiger partial charge in [0.05, 0.1) is 0 Å². The molecule has 0 saturated carbocycles. The predicted molar refractivity (Wildman–Crippen MR) is 48.6 cm³/mol. The molecule has 0 aromatic carbocycles. The predicted octanol–water partition coefficient (Wildman–Crippen LogP) is 3.83. The Hall–Kier alpha value is 0.290. The summed E-state index contributed by atoms with van der Waals surface area (Å²) >= 11 is 5.55. The van der Waals surface area contributed by atoms with Gasteiger partial charge in [-0.1, -0.05) is 39.5 Å². The van der Waals surface area contributed by atoms with Gasteiger partial charge in [0.15, 0.2) is 0 Å². The van der Waals surface area contributed by atoms with Crippen LogP contribution in [0, 0.1) is 5.92 Å². The fourth-order valence-corrected chi connectivity index (χ4v) is 1.16. The molecule has 0 fully saturated rings. The fraction of sp³-hybridized carbons (Fsp3) is 1.00. The minimum atomic E-state index is 0.834. The maximum atomic E-state index is 5.55. The van der Waals surface area contributed by atoms with Crippen LogP contribution in [-0.2, 0) is 0 Å². The van der Waals surface area contributed by atoms with Crippen molar-refractivity contribution in [2.24, 2.45) is 5.92 Å². The molecule has 0 aromatic rings. The number of rotatable bonds is 6. The average molecular weight is 163 g/mol. The minimum absolute atomic E-state index is 0.834. The molecule has 0 aliphatic heterocycles. The van der Waals surface area contributed by atoms with Crippen molar-refractivity contribution in [3.8, 4) is 0 Å². The maximum Gasteiger partial charge on any atom is 0.0223 e. The van der Waals surface area contributed by atoms with Gasteiger partial charge >= 0.3 is 0 Å². The lowest BCUT2D eigenvalue weighted by molar-refractivity contribution is 0.483. The van der Waals surface area contributed by atoms with E-state index in [1.807, 2.05) is 0 Å². The lowest BCUT2D eigenvalue weighted by Gasteiger charge is -2.06. The Morgan fingerprint density at radius 2 is 1.90 bits per heavy atom. The van der Waals surface area contributed by atoms with Crippen molar-refractivity contribution in [2.75, 3.05) is 5.88 Å². The summed E-state index contributed by atoms with van der Waals surface area (Å²) in [5.41, 5.74) is 0. The van der Waals surface area contributed by atoms with Gasteiger partial charge in [-0.05, 0) is 12.3 Å². The van der Waals surface area contributed by atoms with E-state index >= 15 is 0 Å². The number of hydrogen-bond acceptors (Lipinski definition) is 0. The fourth-order valence-electron chi connectivity index (χ4n) is 0.968. The first-order chi connectivity index (χ1) is 4.81. The SMILES string of the molecule is CC[C@H](C)CCCCCCl. The molecule has 0 rings (SSSR count). The van der Waals surface area contributed by atoms with Gasteiger partial charge in [0, 0.05) is 5.88 Å². The van der Waals surface area contributed by atoms with Crippen LogP contribution >= 0.6 is 11.6 Å². The van der Waals surface area contributed by atoms with E-state index in [0.717, 1.165) is 11.8 Å². The molecule has 0 bridgehead atoms. The van der Waals surface area contributed by atoms with Gasteiger partial charge < -0.3 is 0 Å². The lowest BCUT2D eigenvalue weighted by Crippen LogP contribution is -1.91. The molecule has 0 nitrogen and oxygen atoms in total. The zero-order valence-electron chi connectivity index (χ0n) is 7.20. The third-order valence-electron chi connectivity index (χ3n) is 2.03. The van der Waals surface area contributed by atoms with Crippen molar-refractivity contribution in [2.45, 2.75) is 46.0 Å². The first kappa shape index (κ1) is 10.3. The van der Waals surface area contributed by atoms with Crippen LogP contribution in [0.1, 0.15) is 46.0 Å².